The van der Waals surface area contributed by atoms with Crippen LogP contribution >= 0.6 is 0 Å². The summed E-state index contributed by atoms with van der Waals surface area (Å²) in [5.74, 6) is 0.167. The molecule has 2 amide bonds. The van der Waals surface area contributed by atoms with Gasteiger partial charge in [-0.15, -0.1) is 0 Å². The second kappa shape index (κ2) is 9.61. The number of nitrogens with one attached hydrogen (secondary N) is 2. The lowest BCUT2D eigenvalue weighted by Gasteiger charge is -2.13. The van der Waals surface area contributed by atoms with E-state index in [-0.39, 0.29) is 17.9 Å². The van der Waals surface area contributed by atoms with Gasteiger partial charge in [0.15, 0.2) is 0 Å². The Kier molecular flexibility index (Phi) is 7.21. The van der Waals surface area contributed by atoms with E-state index in [1.165, 1.54) is 0 Å². The Morgan fingerprint density at radius 2 is 1.81 bits per heavy atom. The largest absolute Gasteiger partial charge is 0.494 e. The van der Waals surface area contributed by atoms with Gasteiger partial charge in [-0.1, -0.05) is 31.5 Å². The third kappa shape index (κ3) is 5.62. The molecule has 0 aliphatic heterocycles. The fraction of sp³-hybridized carbons (Fsp3) is 0.333. The number of para-hydroxylation sites is 1. The molecule has 2 aromatic rings. The molecule has 26 heavy (non-hydrogen) atoms. The molecule has 5 nitrogen and oxygen atoms in total. The summed E-state index contributed by atoms with van der Waals surface area (Å²) in [4.78, 5) is 24.9. The normalized spacial score (nSPS) is 10.5. The van der Waals surface area contributed by atoms with E-state index < -0.39 is 0 Å². The van der Waals surface area contributed by atoms with Gasteiger partial charge in [0.25, 0.3) is 11.8 Å². The van der Waals surface area contributed by atoms with Crippen LogP contribution < -0.4 is 15.4 Å². The topological polar surface area (TPSA) is 67.4 Å². The zero-order valence-corrected chi connectivity index (χ0v) is 15.5. The molecule has 0 spiro atoms. The molecule has 0 unspecified atom stereocenters. The first-order valence-corrected chi connectivity index (χ1v) is 8.95. The highest BCUT2D eigenvalue weighted by Crippen LogP contribution is 2.19. The van der Waals surface area contributed by atoms with Gasteiger partial charge in [-0.25, -0.2) is 0 Å². The molecule has 0 bridgehead atoms. The van der Waals surface area contributed by atoms with E-state index in [0.717, 1.165) is 12.8 Å². The highest BCUT2D eigenvalue weighted by molar-refractivity contribution is 6.09. The molecular formula is C21H26N2O3. The second-order valence-corrected chi connectivity index (χ2v) is 6.36. The predicted octanol–water partition coefficient (Wildman–Crippen LogP) is 4.26. The number of amides is 2. The van der Waals surface area contributed by atoms with E-state index >= 15 is 0 Å². The Hall–Kier alpha value is -2.82. The summed E-state index contributed by atoms with van der Waals surface area (Å²) in [6.45, 7) is 6.51. The number of hydrogen-bond acceptors (Lipinski definition) is 3. The SMILES string of the molecule is CCCCOc1cccc(C(=O)Nc2ccccc2C(=O)NC(C)C)c1. The van der Waals surface area contributed by atoms with Crippen molar-refractivity contribution in [3.05, 3.63) is 59.7 Å². The van der Waals surface area contributed by atoms with Crippen molar-refractivity contribution in [3.8, 4) is 5.75 Å². The maximum Gasteiger partial charge on any atom is 0.255 e. The molecule has 0 atom stereocenters. The first kappa shape index (κ1) is 19.5. The standard InChI is InChI=1S/C21H26N2O3/c1-4-5-13-26-17-10-8-9-16(14-17)20(24)23-19-12-7-6-11-18(19)21(25)22-15(2)3/h6-12,14-15H,4-5,13H2,1-3H3,(H,22,25)(H,23,24). The zero-order valence-electron chi connectivity index (χ0n) is 15.5. The summed E-state index contributed by atoms with van der Waals surface area (Å²) in [5.41, 5.74) is 1.40. The zero-order chi connectivity index (χ0) is 18.9. The molecule has 0 heterocycles. The van der Waals surface area contributed by atoms with Crippen LogP contribution in [0.4, 0.5) is 5.69 Å². The smallest absolute Gasteiger partial charge is 0.255 e. The van der Waals surface area contributed by atoms with Crippen LogP contribution in [0.15, 0.2) is 48.5 Å². The number of hydrogen-bond donors (Lipinski definition) is 2. The van der Waals surface area contributed by atoms with Crippen molar-refractivity contribution in [3.63, 3.8) is 0 Å². The summed E-state index contributed by atoms with van der Waals surface area (Å²) >= 11 is 0. The lowest BCUT2D eigenvalue weighted by molar-refractivity contribution is 0.0944. The van der Waals surface area contributed by atoms with Crippen molar-refractivity contribution in [2.24, 2.45) is 0 Å². The third-order valence-corrected chi connectivity index (χ3v) is 3.70. The number of unbranched alkanes of at least 4 members (excludes halogenated alkanes) is 1. The fourth-order valence-corrected chi connectivity index (χ4v) is 2.39. The molecule has 0 radical (unpaired) electrons. The Bertz CT molecular complexity index is 756. The van der Waals surface area contributed by atoms with E-state index in [1.807, 2.05) is 19.9 Å². The molecule has 138 valence electrons. The molecule has 0 aliphatic carbocycles. The first-order valence-electron chi connectivity index (χ1n) is 8.95. The van der Waals surface area contributed by atoms with Crippen molar-refractivity contribution in [1.82, 2.24) is 5.32 Å². The van der Waals surface area contributed by atoms with Gasteiger partial charge in [0.1, 0.15) is 5.75 Å². The third-order valence-electron chi connectivity index (χ3n) is 3.70. The van der Waals surface area contributed by atoms with Crippen molar-refractivity contribution in [2.75, 3.05) is 11.9 Å². The van der Waals surface area contributed by atoms with Crippen LogP contribution in [0, 0.1) is 0 Å². The Balaban J connectivity index is 2.13. The van der Waals surface area contributed by atoms with Crippen molar-refractivity contribution < 1.29 is 14.3 Å². The summed E-state index contributed by atoms with van der Waals surface area (Å²) in [6.07, 6.45) is 2.02. The van der Waals surface area contributed by atoms with E-state index in [4.69, 9.17) is 4.74 Å². The molecule has 2 rings (SSSR count). The summed E-state index contributed by atoms with van der Waals surface area (Å²) < 4.78 is 5.65. The molecular weight excluding hydrogens is 328 g/mol. The van der Waals surface area contributed by atoms with Crippen LogP contribution in [0.3, 0.4) is 0 Å². The van der Waals surface area contributed by atoms with E-state index in [1.54, 1.807) is 42.5 Å². The summed E-state index contributed by atoms with van der Waals surface area (Å²) in [6, 6.07) is 14.0. The van der Waals surface area contributed by atoms with Gasteiger partial charge in [-0.05, 0) is 50.6 Å². The fourth-order valence-electron chi connectivity index (χ4n) is 2.39. The highest BCUT2D eigenvalue weighted by atomic mass is 16.5. The van der Waals surface area contributed by atoms with Gasteiger partial charge in [0.05, 0.1) is 17.9 Å². The van der Waals surface area contributed by atoms with Crippen LogP contribution in [0.2, 0.25) is 0 Å². The number of rotatable bonds is 8. The average Bonchev–Trinajstić information content (AvgIpc) is 2.62. The molecule has 0 aromatic heterocycles. The number of ether oxygens (including phenoxy) is 1. The lowest BCUT2D eigenvalue weighted by Crippen LogP contribution is -2.31. The van der Waals surface area contributed by atoms with Crippen molar-refractivity contribution >= 4 is 17.5 Å². The molecule has 5 heteroatoms. The van der Waals surface area contributed by atoms with Crippen molar-refractivity contribution in [1.29, 1.82) is 0 Å². The molecule has 0 aliphatic rings. The van der Waals surface area contributed by atoms with Gasteiger partial charge in [-0.3, -0.25) is 9.59 Å². The van der Waals surface area contributed by atoms with Crippen LogP contribution in [0.25, 0.3) is 0 Å². The minimum Gasteiger partial charge on any atom is -0.494 e. The Morgan fingerprint density at radius 1 is 1.04 bits per heavy atom. The summed E-state index contributed by atoms with van der Waals surface area (Å²) in [5, 5.41) is 5.66. The summed E-state index contributed by atoms with van der Waals surface area (Å²) in [7, 11) is 0. The number of carbonyl (C=O) groups excluding carboxylic acids is 2. The van der Waals surface area contributed by atoms with Gasteiger partial charge in [0.2, 0.25) is 0 Å². The molecule has 0 saturated carbocycles. The quantitative estimate of drug-likeness (QED) is 0.696. The van der Waals surface area contributed by atoms with Gasteiger partial charge >= 0.3 is 0 Å². The molecule has 2 aromatic carbocycles. The first-order chi connectivity index (χ1) is 12.5. The second-order valence-electron chi connectivity index (χ2n) is 6.36. The van der Waals surface area contributed by atoms with Crippen LogP contribution in [-0.2, 0) is 0 Å². The van der Waals surface area contributed by atoms with Crippen LogP contribution in [0.5, 0.6) is 5.75 Å². The van der Waals surface area contributed by atoms with E-state index in [2.05, 4.69) is 17.6 Å². The molecule has 0 fully saturated rings. The van der Waals surface area contributed by atoms with Crippen LogP contribution in [0.1, 0.15) is 54.3 Å². The van der Waals surface area contributed by atoms with Gasteiger partial charge < -0.3 is 15.4 Å². The van der Waals surface area contributed by atoms with E-state index in [0.29, 0.717) is 29.2 Å². The molecule has 0 saturated heterocycles. The van der Waals surface area contributed by atoms with E-state index in [9.17, 15) is 9.59 Å². The van der Waals surface area contributed by atoms with Crippen molar-refractivity contribution in [2.45, 2.75) is 39.7 Å². The molecule has 2 N–H and O–H groups in total. The van der Waals surface area contributed by atoms with Crippen LogP contribution in [-0.4, -0.2) is 24.5 Å². The number of carbonyl (C=O) groups is 2. The number of benzene rings is 2. The lowest BCUT2D eigenvalue weighted by atomic mass is 10.1. The van der Waals surface area contributed by atoms with Gasteiger partial charge in [-0.2, -0.15) is 0 Å². The average molecular weight is 354 g/mol. The monoisotopic (exact) mass is 354 g/mol. The Labute approximate surface area is 154 Å². The maximum atomic E-state index is 12.6. The highest BCUT2D eigenvalue weighted by Gasteiger charge is 2.15. The minimum atomic E-state index is -0.282. The van der Waals surface area contributed by atoms with Gasteiger partial charge in [0, 0.05) is 11.6 Å². The maximum absolute atomic E-state index is 12.6. The minimum absolute atomic E-state index is 0.0169. The predicted molar refractivity (Wildman–Crippen MR) is 104 cm³/mol. The Morgan fingerprint density at radius 3 is 2.54 bits per heavy atom. The number of anilines is 1.